The molecule has 3 N–H and O–H groups in total. The van der Waals surface area contributed by atoms with Crippen molar-refractivity contribution in [3.8, 4) is 11.1 Å². The number of benzene rings is 2. The van der Waals surface area contributed by atoms with Crippen molar-refractivity contribution in [2.75, 3.05) is 6.61 Å². The van der Waals surface area contributed by atoms with Crippen LogP contribution < -0.4 is 10.6 Å². The van der Waals surface area contributed by atoms with Crippen LogP contribution in [0.5, 0.6) is 0 Å². The summed E-state index contributed by atoms with van der Waals surface area (Å²) in [4.78, 5) is 36.6. The molecule has 0 spiro atoms. The summed E-state index contributed by atoms with van der Waals surface area (Å²) < 4.78 is 7.18. The Balaban J connectivity index is 1.41. The van der Waals surface area contributed by atoms with Gasteiger partial charge in [0.05, 0.1) is 6.04 Å². The molecule has 0 saturated heterocycles. The summed E-state index contributed by atoms with van der Waals surface area (Å²) in [6, 6.07) is 14.4. The molecule has 1 aliphatic carbocycles. The van der Waals surface area contributed by atoms with E-state index < -0.39 is 30.1 Å². The molecule has 35 heavy (non-hydrogen) atoms. The molecule has 2 atom stereocenters. The monoisotopic (exact) mass is 477 g/mol. The molecule has 0 bridgehead atoms. The molecule has 0 aliphatic heterocycles. The minimum Gasteiger partial charge on any atom is -0.481 e. The SMILES string of the molecule is CC(NC(=O)C(CCC(=O)O)NC(=O)OCC1c2ccccc2-c2ccccc21)c1nncn1C. The molecule has 1 heterocycles. The van der Waals surface area contributed by atoms with Crippen molar-refractivity contribution in [2.24, 2.45) is 7.05 Å². The van der Waals surface area contributed by atoms with Crippen molar-refractivity contribution in [1.29, 1.82) is 0 Å². The van der Waals surface area contributed by atoms with Crippen LogP contribution in [0.25, 0.3) is 11.1 Å². The van der Waals surface area contributed by atoms with Gasteiger partial charge >= 0.3 is 12.1 Å². The molecule has 10 nitrogen and oxygen atoms in total. The number of nitrogens with one attached hydrogen (secondary N) is 2. The average molecular weight is 478 g/mol. The van der Waals surface area contributed by atoms with Crippen LogP contribution in [0.1, 0.15) is 48.7 Å². The maximum absolute atomic E-state index is 12.9. The summed E-state index contributed by atoms with van der Waals surface area (Å²) in [6.45, 7) is 1.81. The first kappa shape index (κ1) is 23.9. The second-order valence-corrected chi connectivity index (χ2v) is 8.49. The number of ether oxygens (including phenoxy) is 1. The highest BCUT2D eigenvalue weighted by molar-refractivity contribution is 5.86. The van der Waals surface area contributed by atoms with Crippen LogP contribution in [-0.4, -0.2) is 50.5 Å². The Morgan fingerprint density at radius 2 is 1.69 bits per heavy atom. The van der Waals surface area contributed by atoms with Crippen LogP contribution in [0, 0.1) is 0 Å². The van der Waals surface area contributed by atoms with Gasteiger partial charge in [0.15, 0.2) is 5.82 Å². The first-order chi connectivity index (χ1) is 16.8. The van der Waals surface area contributed by atoms with Crippen LogP contribution >= 0.6 is 0 Å². The van der Waals surface area contributed by atoms with Gasteiger partial charge in [0.25, 0.3) is 0 Å². The molecule has 4 rings (SSSR count). The quantitative estimate of drug-likeness (QED) is 0.431. The number of rotatable bonds is 9. The summed E-state index contributed by atoms with van der Waals surface area (Å²) in [5, 5.41) is 22.1. The van der Waals surface area contributed by atoms with E-state index in [1.807, 2.05) is 48.5 Å². The number of carbonyl (C=O) groups is 3. The van der Waals surface area contributed by atoms with E-state index in [9.17, 15) is 14.4 Å². The van der Waals surface area contributed by atoms with Crippen molar-refractivity contribution in [3.63, 3.8) is 0 Å². The zero-order valence-electron chi connectivity index (χ0n) is 19.5. The van der Waals surface area contributed by atoms with Crippen molar-refractivity contribution in [3.05, 3.63) is 71.8 Å². The van der Waals surface area contributed by atoms with Gasteiger partial charge < -0.3 is 25.0 Å². The lowest BCUT2D eigenvalue weighted by atomic mass is 9.98. The van der Waals surface area contributed by atoms with E-state index in [-0.39, 0.29) is 25.4 Å². The van der Waals surface area contributed by atoms with E-state index in [4.69, 9.17) is 9.84 Å². The molecule has 2 amide bonds. The highest BCUT2D eigenvalue weighted by Crippen LogP contribution is 2.44. The third-order valence-corrected chi connectivity index (χ3v) is 6.09. The number of carbonyl (C=O) groups excluding carboxylic acids is 2. The minimum atomic E-state index is -1.09. The molecule has 2 aromatic carbocycles. The Kier molecular flexibility index (Phi) is 7.09. The Bertz CT molecular complexity index is 1190. The molecule has 0 radical (unpaired) electrons. The minimum absolute atomic E-state index is 0.0858. The van der Waals surface area contributed by atoms with Gasteiger partial charge in [0.2, 0.25) is 5.91 Å². The third-order valence-electron chi connectivity index (χ3n) is 6.09. The van der Waals surface area contributed by atoms with Crippen molar-refractivity contribution < 1.29 is 24.2 Å². The van der Waals surface area contributed by atoms with E-state index >= 15 is 0 Å². The standard InChI is InChI=1S/C25H27N5O5/c1-15(23-29-26-14-30(23)2)27-24(33)21(11-12-22(31)32)28-25(34)35-13-20-18-9-5-3-7-16(18)17-8-4-6-10-19(17)20/h3-10,14-15,20-21H,11-13H2,1-2H3,(H,27,33)(H,28,34)(H,31,32). The Morgan fingerprint density at radius 1 is 1.06 bits per heavy atom. The predicted molar refractivity (Wildman–Crippen MR) is 126 cm³/mol. The van der Waals surface area contributed by atoms with E-state index in [0.717, 1.165) is 22.3 Å². The fourth-order valence-electron chi connectivity index (χ4n) is 4.38. The van der Waals surface area contributed by atoms with Gasteiger partial charge in [-0.1, -0.05) is 48.5 Å². The van der Waals surface area contributed by atoms with Gasteiger partial charge in [-0.05, 0) is 35.6 Å². The lowest BCUT2D eigenvalue weighted by Gasteiger charge is -2.21. The summed E-state index contributed by atoms with van der Waals surface area (Å²) in [5.74, 6) is -1.21. The highest BCUT2D eigenvalue weighted by Gasteiger charge is 2.30. The zero-order chi connectivity index (χ0) is 24.9. The Hall–Kier alpha value is -4.21. The molecule has 0 saturated carbocycles. The summed E-state index contributed by atoms with van der Waals surface area (Å²) in [6.07, 6.45) is 0.343. The summed E-state index contributed by atoms with van der Waals surface area (Å²) in [5.41, 5.74) is 4.35. The molecule has 10 heteroatoms. The predicted octanol–water partition coefficient (Wildman–Crippen LogP) is 2.76. The lowest BCUT2D eigenvalue weighted by molar-refractivity contribution is -0.137. The molecular weight excluding hydrogens is 450 g/mol. The van der Waals surface area contributed by atoms with E-state index in [2.05, 4.69) is 20.8 Å². The summed E-state index contributed by atoms with van der Waals surface area (Å²) >= 11 is 0. The number of hydrogen-bond acceptors (Lipinski definition) is 6. The normalized spacial score (nSPS) is 13.9. The number of aliphatic carboxylic acids is 1. The molecule has 0 fully saturated rings. The maximum atomic E-state index is 12.9. The zero-order valence-corrected chi connectivity index (χ0v) is 19.5. The van der Waals surface area contributed by atoms with Crippen LogP contribution in [-0.2, 0) is 21.4 Å². The molecule has 2 unspecified atom stereocenters. The number of carboxylic acids is 1. The van der Waals surface area contributed by atoms with Gasteiger partial charge in [-0.3, -0.25) is 9.59 Å². The van der Waals surface area contributed by atoms with Gasteiger partial charge in [-0.2, -0.15) is 0 Å². The van der Waals surface area contributed by atoms with Gasteiger partial charge in [-0.25, -0.2) is 4.79 Å². The largest absolute Gasteiger partial charge is 0.481 e. The smallest absolute Gasteiger partial charge is 0.407 e. The van der Waals surface area contributed by atoms with Crippen molar-refractivity contribution in [1.82, 2.24) is 25.4 Å². The lowest BCUT2D eigenvalue weighted by Crippen LogP contribution is -2.48. The second kappa shape index (κ2) is 10.4. The first-order valence-corrected chi connectivity index (χ1v) is 11.3. The Morgan fingerprint density at radius 3 is 2.26 bits per heavy atom. The topological polar surface area (TPSA) is 135 Å². The van der Waals surface area contributed by atoms with Gasteiger partial charge in [0.1, 0.15) is 19.0 Å². The number of aromatic nitrogens is 3. The molecule has 1 aromatic heterocycles. The molecular formula is C25H27N5O5. The first-order valence-electron chi connectivity index (χ1n) is 11.3. The van der Waals surface area contributed by atoms with E-state index in [1.165, 1.54) is 6.33 Å². The Labute approximate surface area is 202 Å². The van der Waals surface area contributed by atoms with Crippen molar-refractivity contribution in [2.45, 2.75) is 37.8 Å². The number of amides is 2. The second-order valence-electron chi connectivity index (χ2n) is 8.49. The number of hydrogen-bond donors (Lipinski definition) is 3. The maximum Gasteiger partial charge on any atom is 0.407 e. The summed E-state index contributed by atoms with van der Waals surface area (Å²) in [7, 11) is 1.74. The molecule has 3 aromatic rings. The van der Waals surface area contributed by atoms with Crippen LogP contribution in [0.4, 0.5) is 4.79 Å². The molecule has 1 aliphatic rings. The van der Waals surface area contributed by atoms with E-state index in [1.54, 1.807) is 18.5 Å². The van der Waals surface area contributed by atoms with E-state index in [0.29, 0.717) is 5.82 Å². The average Bonchev–Trinajstić information content (AvgIpc) is 3.41. The molecule has 182 valence electrons. The fraction of sp³-hybridized carbons (Fsp3) is 0.320. The number of aryl methyl sites for hydroxylation is 1. The van der Waals surface area contributed by atoms with Crippen LogP contribution in [0.2, 0.25) is 0 Å². The number of nitrogens with zero attached hydrogens (tertiary/aromatic N) is 3. The van der Waals surface area contributed by atoms with Gasteiger partial charge in [-0.15, -0.1) is 10.2 Å². The van der Waals surface area contributed by atoms with Crippen LogP contribution in [0.3, 0.4) is 0 Å². The fourth-order valence-corrected chi connectivity index (χ4v) is 4.38. The third kappa shape index (κ3) is 5.32. The van der Waals surface area contributed by atoms with Crippen molar-refractivity contribution >= 4 is 18.0 Å². The van der Waals surface area contributed by atoms with Gasteiger partial charge in [0, 0.05) is 19.4 Å². The number of alkyl carbamates (subject to hydrolysis) is 1. The highest BCUT2D eigenvalue weighted by atomic mass is 16.5. The number of carboxylic acid groups (broad SMARTS) is 1. The number of fused-ring (bicyclic) bond motifs is 3. The van der Waals surface area contributed by atoms with Crippen LogP contribution in [0.15, 0.2) is 54.9 Å².